The average Bonchev–Trinajstić information content (AvgIpc) is 2.16. The molecule has 0 radical (unpaired) electrons. The molecule has 0 amide bonds. The molecule has 0 aliphatic rings. The van der Waals surface area contributed by atoms with Crippen molar-refractivity contribution in [3.8, 4) is 5.75 Å². The van der Waals surface area contributed by atoms with Crippen LogP contribution in [0, 0.1) is 6.92 Å². The number of aryl methyl sites for hydroxylation is 1. The van der Waals surface area contributed by atoms with Crippen LogP contribution < -0.4 is 10.5 Å². The maximum Gasteiger partial charge on any atom is 0.120 e. The maximum atomic E-state index is 5.63. The van der Waals surface area contributed by atoms with E-state index in [4.69, 9.17) is 22.7 Å². The van der Waals surface area contributed by atoms with Gasteiger partial charge in [-0.15, -0.1) is 0 Å². The van der Waals surface area contributed by atoms with Crippen LogP contribution in [0.2, 0.25) is 0 Å². The molecule has 0 heterocycles. The van der Waals surface area contributed by atoms with E-state index >= 15 is 0 Å². The average molecular weight is 238 g/mol. The van der Waals surface area contributed by atoms with Crippen molar-refractivity contribution in [1.29, 1.82) is 0 Å². The zero-order valence-electron chi connectivity index (χ0n) is 9.99. The summed E-state index contributed by atoms with van der Waals surface area (Å²) < 4.78 is 5.63. The van der Waals surface area contributed by atoms with E-state index < -0.39 is 0 Å². The summed E-state index contributed by atoms with van der Waals surface area (Å²) >= 11 is 4.95. The number of ether oxygens (including phenoxy) is 1. The van der Waals surface area contributed by atoms with Gasteiger partial charge in [-0.2, -0.15) is 0 Å². The van der Waals surface area contributed by atoms with Crippen LogP contribution in [0.1, 0.15) is 11.1 Å². The number of hydrogen-bond donors (Lipinski definition) is 1. The number of nitrogens with zero attached hydrogens (tertiary/aromatic N) is 1. The Hall–Kier alpha value is -1.13. The molecule has 0 saturated heterocycles. The topological polar surface area (TPSA) is 38.5 Å². The second kappa shape index (κ2) is 5.82. The Labute approximate surface area is 102 Å². The van der Waals surface area contributed by atoms with E-state index in [1.165, 1.54) is 0 Å². The molecule has 0 aliphatic heterocycles. The summed E-state index contributed by atoms with van der Waals surface area (Å²) in [5.41, 5.74) is 7.55. The molecule has 0 aliphatic carbocycles. The molecule has 1 aromatic rings. The smallest absolute Gasteiger partial charge is 0.120 e. The van der Waals surface area contributed by atoms with Crippen molar-refractivity contribution in [3.05, 3.63) is 29.3 Å². The van der Waals surface area contributed by atoms with Crippen molar-refractivity contribution in [2.24, 2.45) is 5.73 Å². The van der Waals surface area contributed by atoms with E-state index in [1.807, 2.05) is 39.2 Å². The quantitative estimate of drug-likeness (QED) is 0.790. The van der Waals surface area contributed by atoms with Crippen LogP contribution >= 0.6 is 12.2 Å². The van der Waals surface area contributed by atoms with Crippen LogP contribution in [0.15, 0.2) is 18.2 Å². The molecule has 4 heteroatoms. The lowest BCUT2D eigenvalue weighted by molar-refractivity contribution is 0.261. The van der Waals surface area contributed by atoms with Gasteiger partial charge in [-0.1, -0.05) is 12.2 Å². The first-order chi connectivity index (χ1) is 7.49. The summed E-state index contributed by atoms with van der Waals surface area (Å²) in [7, 11) is 4.03. The first-order valence-electron chi connectivity index (χ1n) is 5.18. The van der Waals surface area contributed by atoms with Crippen LogP contribution in [-0.2, 0) is 0 Å². The molecular formula is C12H18N2OS. The number of benzene rings is 1. The van der Waals surface area contributed by atoms with Gasteiger partial charge in [-0.3, -0.25) is 0 Å². The van der Waals surface area contributed by atoms with Gasteiger partial charge in [0.05, 0.1) is 0 Å². The Bertz CT molecular complexity index is 377. The highest BCUT2D eigenvalue weighted by Crippen LogP contribution is 2.16. The van der Waals surface area contributed by atoms with Crippen molar-refractivity contribution >= 4 is 17.2 Å². The van der Waals surface area contributed by atoms with Gasteiger partial charge in [-0.25, -0.2) is 0 Å². The number of nitrogens with two attached hydrogens (primary N) is 1. The summed E-state index contributed by atoms with van der Waals surface area (Å²) in [5, 5.41) is 0. The third kappa shape index (κ3) is 4.16. The second-order valence-electron chi connectivity index (χ2n) is 4.05. The van der Waals surface area contributed by atoms with Gasteiger partial charge in [0.25, 0.3) is 0 Å². The first-order valence-corrected chi connectivity index (χ1v) is 5.59. The Morgan fingerprint density at radius 2 is 2.06 bits per heavy atom. The molecule has 0 unspecified atom stereocenters. The third-order valence-electron chi connectivity index (χ3n) is 2.14. The standard InChI is InChI=1S/C12H18N2OS/c1-9-6-10(12(13)16)8-11(7-9)15-5-4-14(2)3/h6-8H,4-5H2,1-3H3,(H2,13,16). The first kappa shape index (κ1) is 12.9. The van der Waals surface area contributed by atoms with E-state index in [0.717, 1.165) is 23.4 Å². The monoisotopic (exact) mass is 238 g/mol. The minimum atomic E-state index is 0.404. The summed E-state index contributed by atoms with van der Waals surface area (Å²) in [4.78, 5) is 2.48. The largest absolute Gasteiger partial charge is 0.492 e. The lowest BCUT2D eigenvalue weighted by atomic mass is 10.1. The highest BCUT2D eigenvalue weighted by atomic mass is 32.1. The molecule has 3 nitrogen and oxygen atoms in total. The van der Waals surface area contributed by atoms with E-state index in [9.17, 15) is 0 Å². The molecule has 2 N–H and O–H groups in total. The van der Waals surface area contributed by atoms with Gasteiger partial charge in [0.15, 0.2) is 0 Å². The summed E-state index contributed by atoms with van der Waals surface area (Å²) in [6, 6.07) is 5.82. The molecule has 0 aromatic heterocycles. The predicted molar refractivity (Wildman–Crippen MR) is 71.1 cm³/mol. The van der Waals surface area contributed by atoms with E-state index in [2.05, 4.69) is 4.90 Å². The lowest BCUT2D eigenvalue weighted by Gasteiger charge is -2.12. The number of hydrogen-bond acceptors (Lipinski definition) is 3. The minimum absolute atomic E-state index is 0.404. The highest BCUT2D eigenvalue weighted by molar-refractivity contribution is 7.80. The van der Waals surface area contributed by atoms with Gasteiger partial charge in [0, 0.05) is 12.1 Å². The Balaban J connectivity index is 2.69. The van der Waals surface area contributed by atoms with E-state index in [0.29, 0.717) is 11.6 Å². The van der Waals surface area contributed by atoms with E-state index in [1.54, 1.807) is 0 Å². The molecule has 0 saturated carbocycles. The van der Waals surface area contributed by atoms with Gasteiger partial charge in [0.2, 0.25) is 0 Å². The third-order valence-corrected chi connectivity index (χ3v) is 2.38. The summed E-state index contributed by atoms with van der Waals surface area (Å²) in [6.07, 6.45) is 0. The lowest BCUT2D eigenvalue weighted by Crippen LogP contribution is -2.19. The Morgan fingerprint density at radius 1 is 1.38 bits per heavy atom. The van der Waals surface area contributed by atoms with Crippen molar-refractivity contribution in [2.45, 2.75) is 6.92 Å². The minimum Gasteiger partial charge on any atom is -0.492 e. The Kier molecular flexibility index (Phi) is 4.71. The number of thiocarbonyl (C=S) groups is 1. The van der Waals surface area contributed by atoms with Gasteiger partial charge in [-0.05, 0) is 44.8 Å². The van der Waals surface area contributed by atoms with Crippen LogP contribution in [-0.4, -0.2) is 37.1 Å². The molecule has 0 spiro atoms. The zero-order chi connectivity index (χ0) is 12.1. The summed E-state index contributed by atoms with van der Waals surface area (Å²) in [6.45, 7) is 3.55. The number of rotatable bonds is 5. The van der Waals surface area contributed by atoms with Crippen LogP contribution in [0.3, 0.4) is 0 Å². The number of likely N-dealkylation sites (N-methyl/N-ethyl adjacent to an activating group) is 1. The van der Waals surface area contributed by atoms with Crippen molar-refractivity contribution in [1.82, 2.24) is 4.90 Å². The molecule has 16 heavy (non-hydrogen) atoms. The second-order valence-corrected chi connectivity index (χ2v) is 4.49. The van der Waals surface area contributed by atoms with Crippen molar-refractivity contribution < 1.29 is 4.74 Å². The summed E-state index contributed by atoms with van der Waals surface area (Å²) in [5.74, 6) is 0.824. The fourth-order valence-corrected chi connectivity index (χ4v) is 1.44. The van der Waals surface area contributed by atoms with Crippen molar-refractivity contribution in [2.75, 3.05) is 27.2 Å². The fourth-order valence-electron chi connectivity index (χ4n) is 1.32. The molecule has 88 valence electrons. The van der Waals surface area contributed by atoms with Crippen LogP contribution in [0.4, 0.5) is 0 Å². The van der Waals surface area contributed by atoms with Gasteiger partial charge < -0.3 is 15.4 Å². The fraction of sp³-hybridized carbons (Fsp3) is 0.417. The zero-order valence-corrected chi connectivity index (χ0v) is 10.8. The van der Waals surface area contributed by atoms with Crippen LogP contribution in [0.25, 0.3) is 0 Å². The maximum absolute atomic E-state index is 5.63. The van der Waals surface area contributed by atoms with Crippen LogP contribution in [0.5, 0.6) is 5.75 Å². The van der Waals surface area contributed by atoms with Gasteiger partial charge >= 0.3 is 0 Å². The molecule has 1 rings (SSSR count). The highest BCUT2D eigenvalue weighted by Gasteiger charge is 2.02. The molecule has 0 fully saturated rings. The molecule has 0 atom stereocenters. The molecule has 1 aromatic carbocycles. The predicted octanol–water partition coefficient (Wildman–Crippen LogP) is 1.57. The molecular weight excluding hydrogens is 220 g/mol. The Morgan fingerprint density at radius 3 is 2.62 bits per heavy atom. The van der Waals surface area contributed by atoms with E-state index in [-0.39, 0.29) is 0 Å². The normalized spacial score (nSPS) is 10.5. The SMILES string of the molecule is Cc1cc(OCCN(C)C)cc(C(N)=S)c1. The van der Waals surface area contributed by atoms with Crippen molar-refractivity contribution in [3.63, 3.8) is 0 Å². The molecule has 0 bridgehead atoms. The van der Waals surface area contributed by atoms with Gasteiger partial charge in [0.1, 0.15) is 17.3 Å².